The number of aromatic amines is 1. The quantitative estimate of drug-likeness (QED) is 0.571. The van der Waals surface area contributed by atoms with Gasteiger partial charge in [-0.3, -0.25) is 9.59 Å². The molecule has 1 aromatic heterocycles. The van der Waals surface area contributed by atoms with Crippen LogP contribution in [0.1, 0.15) is 23.2 Å². The fourth-order valence-corrected chi connectivity index (χ4v) is 3.95. The molecule has 4 rings (SSSR count). The molecule has 0 radical (unpaired) electrons. The summed E-state index contributed by atoms with van der Waals surface area (Å²) in [6.45, 7) is 1.20. The number of nitrogens with one attached hydrogen (secondary N) is 2. The second-order valence-electron chi connectivity index (χ2n) is 7.21. The van der Waals surface area contributed by atoms with E-state index in [2.05, 4.69) is 10.3 Å². The summed E-state index contributed by atoms with van der Waals surface area (Å²) >= 11 is 5.46. The highest BCUT2D eigenvalue weighted by atomic mass is 32.1. The van der Waals surface area contributed by atoms with Crippen molar-refractivity contribution in [3.05, 3.63) is 57.1 Å². The van der Waals surface area contributed by atoms with Crippen molar-refractivity contribution in [3.8, 4) is 17.2 Å². The Bertz CT molecular complexity index is 1240. The summed E-state index contributed by atoms with van der Waals surface area (Å²) in [6, 6.07) is 10.0. The fraction of sp³-hybridized carbons (Fsp3) is 0.318. The van der Waals surface area contributed by atoms with Crippen LogP contribution in [0.5, 0.6) is 11.5 Å². The number of hydrogen-bond donors (Lipinski definition) is 2. The zero-order valence-electron chi connectivity index (χ0n) is 17.3. The number of methoxy groups -OCH3 is 2. The van der Waals surface area contributed by atoms with Crippen molar-refractivity contribution in [2.24, 2.45) is 0 Å². The molecule has 0 bridgehead atoms. The van der Waals surface area contributed by atoms with E-state index >= 15 is 0 Å². The number of nitrogens with zero attached hydrogens (tertiary/aromatic N) is 1. The molecule has 3 aromatic rings. The number of hydrogen-bond acceptors (Lipinski definition) is 6. The highest BCUT2D eigenvalue weighted by molar-refractivity contribution is 7.71. The number of ether oxygens (including phenoxy) is 3. The van der Waals surface area contributed by atoms with Gasteiger partial charge in [-0.25, -0.2) is 4.57 Å². The number of H-pyrrole nitrogens is 1. The van der Waals surface area contributed by atoms with Crippen molar-refractivity contribution < 1.29 is 19.0 Å². The molecule has 0 unspecified atom stereocenters. The van der Waals surface area contributed by atoms with Gasteiger partial charge in [0.2, 0.25) is 0 Å². The van der Waals surface area contributed by atoms with Gasteiger partial charge < -0.3 is 24.5 Å². The van der Waals surface area contributed by atoms with Gasteiger partial charge in [0, 0.05) is 24.8 Å². The van der Waals surface area contributed by atoms with Gasteiger partial charge in [0.25, 0.3) is 11.5 Å². The van der Waals surface area contributed by atoms with Gasteiger partial charge in [0.1, 0.15) is 11.5 Å². The van der Waals surface area contributed by atoms with E-state index in [-0.39, 0.29) is 22.3 Å². The highest BCUT2D eigenvalue weighted by Crippen LogP contribution is 2.27. The Labute approximate surface area is 183 Å². The second kappa shape index (κ2) is 8.91. The van der Waals surface area contributed by atoms with Gasteiger partial charge >= 0.3 is 0 Å². The molecular weight excluding hydrogens is 418 g/mol. The van der Waals surface area contributed by atoms with Crippen LogP contribution in [-0.2, 0) is 4.74 Å². The Balaban J connectivity index is 1.71. The molecule has 1 aliphatic rings. The first-order chi connectivity index (χ1) is 15.0. The van der Waals surface area contributed by atoms with Crippen LogP contribution in [0.15, 0.2) is 41.2 Å². The zero-order chi connectivity index (χ0) is 22.0. The molecule has 0 aliphatic carbocycles. The van der Waals surface area contributed by atoms with Crippen LogP contribution in [-0.4, -0.2) is 48.9 Å². The molecule has 8 nitrogen and oxygen atoms in total. The number of carbonyl (C=O) groups excluding carboxylic acids is 1. The monoisotopic (exact) mass is 441 g/mol. The summed E-state index contributed by atoms with van der Waals surface area (Å²) in [6.07, 6.45) is 2.01. The average molecular weight is 442 g/mol. The maximum atomic E-state index is 13.3. The summed E-state index contributed by atoms with van der Waals surface area (Å²) in [7, 11) is 3.06. The average Bonchev–Trinajstić information content (AvgIpc) is 3.30. The lowest BCUT2D eigenvalue weighted by molar-refractivity contribution is 0.0858. The summed E-state index contributed by atoms with van der Waals surface area (Å²) in [4.78, 5) is 28.9. The van der Waals surface area contributed by atoms with Crippen LogP contribution in [0.3, 0.4) is 0 Å². The number of amides is 1. The van der Waals surface area contributed by atoms with E-state index in [0.29, 0.717) is 40.2 Å². The summed E-state index contributed by atoms with van der Waals surface area (Å²) < 4.78 is 17.8. The van der Waals surface area contributed by atoms with E-state index in [9.17, 15) is 9.59 Å². The summed E-state index contributed by atoms with van der Waals surface area (Å²) in [5.41, 5.74) is 1.06. The van der Waals surface area contributed by atoms with Crippen molar-refractivity contribution in [2.45, 2.75) is 18.9 Å². The zero-order valence-corrected chi connectivity index (χ0v) is 18.1. The molecule has 1 atom stereocenters. The Morgan fingerprint density at radius 2 is 2.10 bits per heavy atom. The van der Waals surface area contributed by atoms with Crippen LogP contribution in [0, 0.1) is 4.77 Å². The first-order valence-corrected chi connectivity index (χ1v) is 10.3. The molecular formula is C22H23N3O5S. The van der Waals surface area contributed by atoms with Crippen molar-refractivity contribution in [2.75, 3.05) is 27.4 Å². The molecule has 162 valence electrons. The van der Waals surface area contributed by atoms with E-state index in [4.69, 9.17) is 26.4 Å². The van der Waals surface area contributed by atoms with E-state index in [1.807, 2.05) is 0 Å². The van der Waals surface area contributed by atoms with Gasteiger partial charge in [0.15, 0.2) is 4.77 Å². The van der Waals surface area contributed by atoms with Gasteiger partial charge in [-0.2, -0.15) is 0 Å². The lowest BCUT2D eigenvalue weighted by Gasteiger charge is -2.14. The van der Waals surface area contributed by atoms with Crippen molar-refractivity contribution in [1.29, 1.82) is 0 Å². The smallest absolute Gasteiger partial charge is 0.266 e. The molecule has 2 aromatic carbocycles. The number of benzene rings is 2. The topological polar surface area (TPSA) is 94.6 Å². The predicted molar refractivity (Wildman–Crippen MR) is 119 cm³/mol. The third-order valence-electron chi connectivity index (χ3n) is 5.30. The SMILES string of the molecule is COc1ccc(OC)c(-n2c(=S)[nH]c3cc(C(=O)NC[C@@H]4CCCO4)ccc3c2=O)c1. The molecule has 1 amide bonds. The molecule has 1 aliphatic heterocycles. The third-order valence-corrected chi connectivity index (χ3v) is 5.59. The van der Waals surface area contributed by atoms with Crippen LogP contribution < -0.4 is 20.3 Å². The van der Waals surface area contributed by atoms with Crippen LogP contribution in [0.25, 0.3) is 16.6 Å². The lowest BCUT2D eigenvalue weighted by atomic mass is 10.1. The molecule has 31 heavy (non-hydrogen) atoms. The minimum atomic E-state index is -0.323. The van der Waals surface area contributed by atoms with Gasteiger partial charge in [0.05, 0.1) is 36.9 Å². The molecule has 2 N–H and O–H groups in total. The van der Waals surface area contributed by atoms with Crippen LogP contribution in [0.2, 0.25) is 0 Å². The lowest BCUT2D eigenvalue weighted by Crippen LogP contribution is -2.31. The fourth-order valence-electron chi connectivity index (χ4n) is 3.66. The van der Waals surface area contributed by atoms with Gasteiger partial charge in [-0.15, -0.1) is 0 Å². The standard InChI is InChI=1S/C22H23N3O5S/c1-28-14-6-8-19(29-2)18(11-14)25-21(27)16-7-5-13(10-17(16)24-22(25)31)20(26)23-12-15-4-3-9-30-15/h5-8,10-11,15H,3-4,9,12H2,1-2H3,(H,23,26)(H,24,31)/t15-/m0/s1. The first kappa shape index (κ1) is 21.1. The normalized spacial score (nSPS) is 15.7. The maximum absolute atomic E-state index is 13.3. The van der Waals surface area contributed by atoms with Crippen LogP contribution in [0.4, 0.5) is 0 Å². The van der Waals surface area contributed by atoms with Gasteiger partial charge in [-0.1, -0.05) is 0 Å². The van der Waals surface area contributed by atoms with E-state index < -0.39 is 0 Å². The number of fused-ring (bicyclic) bond motifs is 1. The largest absolute Gasteiger partial charge is 0.497 e. The molecule has 2 heterocycles. The number of carbonyl (C=O) groups is 1. The molecule has 0 saturated carbocycles. The molecule has 1 fully saturated rings. The Hall–Kier alpha value is -3.17. The van der Waals surface area contributed by atoms with Gasteiger partial charge in [-0.05, 0) is 55.4 Å². The highest BCUT2D eigenvalue weighted by Gasteiger charge is 2.18. The number of aromatic nitrogens is 2. The minimum Gasteiger partial charge on any atom is -0.497 e. The molecule has 0 spiro atoms. The molecule has 1 saturated heterocycles. The van der Waals surface area contributed by atoms with Crippen molar-refractivity contribution in [1.82, 2.24) is 14.9 Å². The first-order valence-electron chi connectivity index (χ1n) is 9.93. The predicted octanol–water partition coefficient (Wildman–Crippen LogP) is 2.97. The maximum Gasteiger partial charge on any atom is 0.266 e. The Morgan fingerprint density at radius 1 is 1.26 bits per heavy atom. The second-order valence-corrected chi connectivity index (χ2v) is 7.60. The van der Waals surface area contributed by atoms with Crippen molar-refractivity contribution in [3.63, 3.8) is 0 Å². The van der Waals surface area contributed by atoms with E-state index in [1.54, 1.807) is 43.5 Å². The molecule has 9 heteroatoms. The van der Waals surface area contributed by atoms with E-state index in [1.165, 1.54) is 11.7 Å². The Kier molecular flexibility index (Phi) is 6.06. The third kappa shape index (κ3) is 4.19. The summed E-state index contributed by atoms with van der Waals surface area (Å²) in [5.74, 6) is 0.817. The minimum absolute atomic E-state index is 0.0558. The van der Waals surface area contributed by atoms with Crippen molar-refractivity contribution >= 4 is 29.0 Å². The van der Waals surface area contributed by atoms with Crippen LogP contribution >= 0.6 is 12.2 Å². The Morgan fingerprint density at radius 3 is 2.81 bits per heavy atom. The number of rotatable bonds is 6. The summed E-state index contributed by atoms with van der Waals surface area (Å²) in [5, 5.41) is 3.28. The van der Waals surface area contributed by atoms with E-state index in [0.717, 1.165) is 19.4 Å².